The monoisotopic (exact) mass is 343 g/mol. The summed E-state index contributed by atoms with van der Waals surface area (Å²) >= 11 is 0. The number of nitrogens with zero attached hydrogens (tertiary/aromatic N) is 3. The molecular formula is C20H29N3O2. The Labute approximate surface area is 150 Å². The molecule has 1 aromatic heterocycles. The fourth-order valence-corrected chi connectivity index (χ4v) is 3.24. The van der Waals surface area contributed by atoms with Gasteiger partial charge in [-0.25, -0.2) is 4.98 Å². The Kier molecular flexibility index (Phi) is 6.24. The van der Waals surface area contributed by atoms with E-state index in [9.17, 15) is 0 Å². The van der Waals surface area contributed by atoms with Crippen molar-refractivity contribution in [1.82, 2.24) is 14.8 Å². The number of aryl methyl sites for hydroxylation is 2. The number of rotatable bonds is 7. The van der Waals surface area contributed by atoms with Gasteiger partial charge in [0.1, 0.15) is 5.76 Å². The lowest BCUT2D eigenvalue weighted by Crippen LogP contribution is -2.45. The molecule has 1 saturated heterocycles. The van der Waals surface area contributed by atoms with Crippen molar-refractivity contribution in [1.29, 1.82) is 0 Å². The maximum atomic E-state index is 5.84. The molecule has 1 unspecified atom stereocenters. The summed E-state index contributed by atoms with van der Waals surface area (Å²) in [6.07, 6.45) is 0. The lowest BCUT2D eigenvalue weighted by Gasteiger charge is -2.34. The minimum atomic E-state index is 0.408. The van der Waals surface area contributed by atoms with E-state index in [2.05, 4.69) is 52.0 Å². The molecule has 2 heterocycles. The number of oxazole rings is 1. The fourth-order valence-electron chi connectivity index (χ4n) is 3.24. The van der Waals surface area contributed by atoms with Crippen molar-refractivity contribution < 1.29 is 9.15 Å². The maximum Gasteiger partial charge on any atom is 0.208 e. The molecule has 0 bridgehead atoms. The quantitative estimate of drug-likeness (QED) is 0.773. The Bertz CT molecular complexity index is 631. The van der Waals surface area contributed by atoms with Gasteiger partial charge in [-0.2, -0.15) is 0 Å². The summed E-state index contributed by atoms with van der Waals surface area (Å²) in [5, 5.41) is 0. The summed E-state index contributed by atoms with van der Waals surface area (Å²) in [5.41, 5.74) is 2.30. The largest absolute Gasteiger partial charge is 0.444 e. The summed E-state index contributed by atoms with van der Waals surface area (Å²) < 4.78 is 11.3. The van der Waals surface area contributed by atoms with Gasteiger partial charge < -0.3 is 9.15 Å². The van der Waals surface area contributed by atoms with E-state index in [1.165, 1.54) is 5.56 Å². The molecule has 0 aliphatic carbocycles. The Morgan fingerprint density at radius 2 is 1.84 bits per heavy atom. The Morgan fingerprint density at radius 1 is 1.12 bits per heavy atom. The van der Waals surface area contributed by atoms with E-state index >= 15 is 0 Å². The van der Waals surface area contributed by atoms with E-state index in [0.717, 1.165) is 63.3 Å². The van der Waals surface area contributed by atoms with Crippen LogP contribution >= 0.6 is 0 Å². The Morgan fingerprint density at radius 3 is 2.48 bits per heavy atom. The van der Waals surface area contributed by atoms with Gasteiger partial charge in [0.05, 0.1) is 25.5 Å². The molecule has 0 N–H and O–H groups in total. The molecule has 136 valence electrons. The molecule has 5 heteroatoms. The van der Waals surface area contributed by atoms with Crippen LogP contribution in [0.2, 0.25) is 0 Å². The first-order valence-electron chi connectivity index (χ1n) is 9.13. The first-order chi connectivity index (χ1) is 12.1. The number of hydrogen-bond acceptors (Lipinski definition) is 5. The van der Waals surface area contributed by atoms with Crippen LogP contribution in [0.3, 0.4) is 0 Å². The molecule has 5 nitrogen and oxygen atoms in total. The smallest absolute Gasteiger partial charge is 0.208 e. The molecule has 25 heavy (non-hydrogen) atoms. The van der Waals surface area contributed by atoms with E-state index in [1.54, 1.807) is 0 Å². The van der Waals surface area contributed by atoms with E-state index in [0.29, 0.717) is 6.04 Å². The standard InChI is InChI=1S/C20H29N3O2/c1-16(13-22-9-11-24-12-10-22)23(14-19-7-5-4-6-8-19)15-20-21-17(2)18(3)25-20/h4-8,16H,9-15H2,1-3H3. The second kappa shape index (κ2) is 8.61. The third-order valence-corrected chi connectivity index (χ3v) is 4.89. The van der Waals surface area contributed by atoms with E-state index in [1.807, 2.05) is 13.8 Å². The van der Waals surface area contributed by atoms with Crippen LogP contribution in [0.1, 0.15) is 29.8 Å². The third kappa shape index (κ3) is 5.14. The van der Waals surface area contributed by atoms with Crippen LogP contribution in [0.25, 0.3) is 0 Å². The lowest BCUT2D eigenvalue weighted by molar-refractivity contribution is 0.0216. The van der Waals surface area contributed by atoms with Gasteiger partial charge in [0.2, 0.25) is 5.89 Å². The fraction of sp³-hybridized carbons (Fsp3) is 0.550. The van der Waals surface area contributed by atoms with Gasteiger partial charge in [0.15, 0.2) is 0 Å². The molecule has 0 amide bonds. The SMILES string of the molecule is Cc1nc(CN(Cc2ccccc2)C(C)CN2CCOCC2)oc1C. The van der Waals surface area contributed by atoms with Gasteiger partial charge >= 0.3 is 0 Å². The molecule has 0 saturated carbocycles. The van der Waals surface area contributed by atoms with Crippen molar-refractivity contribution in [2.24, 2.45) is 0 Å². The molecule has 0 spiro atoms. The molecule has 1 atom stereocenters. The average Bonchev–Trinajstić information content (AvgIpc) is 2.93. The van der Waals surface area contributed by atoms with Gasteiger partial charge in [-0.1, -0.05) is 30.3 Å². The van der Waals surface area contributed by atoms with Crippen molar-refractivity contribution in [3.63, 3.8) is 0 Å². The molecular weight excluding hydrogens is 314 g/mol. The van der Waals surface area contributed by atoms with Crippen molar-refractivity contribution in [3.05, 3.63) is 53.2 Å². The molecule has 0 radical (unpaired) electrons. The van der Waals surface area contributed by atoms with Crippen LogP contribution in [-0.2, 0) is 17.8 Å². The van der Waals surface area contributed by atoms with Crippen molar-refractivity contribution >= 4 is 0 Å². The number of morpholine rings is 1. The average molecular weight is 343 g/mol. The molecule has 1 aliphatic rings. The van der Waals surface area contributed by atoms with Gasteiger partial charge in [-0.05, 0) is 26.3 Å². The summed E-state index contributed by atoms with van der Waals surface area (Å²) in [6.45, 7) is 12.6. The molecule has 2 aromatic rings. The van der Waals surface area contributed by atoms with Gasteiger partial charge in [0, 0.05) is 32.2 Å². The van der Waals surface area contributed by atoms with E-state index in [4.69, 9.17) is 9.15 Å². The number of benzene rings is 1. The second-order valence-corrected chi connectivity index (χ2v) is 6.90. The van der Waals surface area contributed by atoms with Gasteiger partial charge in [-0.15, -0.1) is 0 Å². The zero-order valence-corrected chi connectivity index (χ0v) is 15.6. The van der Waals surface area contributed by atoms with Crippen molar-refractivity contribution in [3.8, 4) is 0 Å². The summed E-state index contributed by atoms with van der Waals surface area (Å²) in [6, 6.07) is 11.0. The highest BCUT2D eigenvalue weighted by atomic mass is 16.5. The zero-order valence-electron chi connectivity index (χ0n) is 15.6. The summed E-state index contributed by atoms with van der Waals surface area (Å²) in [7, 11) is 0. The first-order valence-corrected chi connectivity index (χ1v) is 9.13. The predicted octanol–water partition coefficient (Wildman–Crippen LogP) is 3.01. The highest BCUT2D eigenvalue weighted by molar-refractivity contribution is 5.15. The topological polar surface area (TPSA) is 41.7 Å². The Balaban J connectivity index is 1.70. The van der Waals surface area contributed by atoms with Crippen LogP contribution in [0.5, 0.6) is 0 Å². The zero-order chi connectivity index (χ0) is 17.6. The minimum Gasteiger partial charge on any atom is -0.444 e. The number of aromatic nitrogens is 1. The normalized spacial score (nSPS) is 17.1. The van der Waals surface area contributed by atoms with Gasteiger partial charge in [-0.3, -0.25) is 9.80 Å². The third-order valence-electron chi connectivity index (χ3n) is 4.89. The Hall–Kier alpha value is -1.69. The first kappa shape index (κ1) is 18.1. The minimum absolute atomic E-state index is 0.408. The van der Waals surface area contributed by atoms with Crippen molar-refractivity contribution in [2.45, 2.75) is 39.9 Å². The second-order valence-electron chi connectivity index (χ2n) is 6.90. The maximum absolute atomic E-state index is 5.84. The lowest BCUT2D eigenvalue weighted by atomic mass is 10.1. The van der Waals surface area contributed by atoms with Crippen LogP contribution < -0.4 is 0 Å². The van der Waals surface area contributed by atoms with Crippen LogP contribution in [0.15, 0.2) is 34.7 Å². The summed E-state index contributed by atoms with van der Waals surface area (Å²) in [5.74, 6) is 1.72. The highest BCUT2D eigenvalue weighted by Crippen LogP contribution is 2.16. The molecule has 1 aliphatic heterocycles. The van der Waals surface area contributed by atoms with Crippen molar-refractivity contribution in [2.75, 3.05) is 32.8 Å². The number of ether oxygens (including phenoxy) is 1. The van der Waals surface area contributed by atoms with Crippen LogP contribution in [0.4, 0.5) is 0 Å². The molecule has 1 aromatic carbocycles. The predicted molar refractivity (Wildman–Crippen MR) is 98.4 cm³/mol. The number of hydrogen-bond donors (Lipinski definition) is 0. The van der Waals surface area contributed by atoms with E-state index < -0.39 is 0 Å². The van der Waals surface area contributed by atoms with Crippen LogP contribution in [-0.4, -0.2) is 53.7 Å². The molecule has 1 fully saturated rings. The molecule has 3 rings (SSSR count). The summed E-state index contributed by atoms with van der Waals surface area (Å²) in [4.78, 5) is 9.52. The highest BCUT2D eigenvalue weighted by Gasteiger charge is 2.21. The van der Waals surface area contributed by atoms with Crippen LogP contribution in [0, 0.1) is 13.8 Å². The van der Waals surface area contributed by atoms with E-state index in [-0.39, 0.29) is 0 Å². The van der Waals surface area contributed by atoms with Gasteiger partial charge in [0.25, 0.3) is 0 Å².